The van der Waals surface area contributed by atoms with Crippen LogP contribution in [0.2, 0.25) is 0 Å². The lowest BCUT2D eigenvalue weighted by Crippen LogP contribution is -2.42. The summed E-state index contributed by atoms with van der Waals surface area (Å²) in [6.07, 6.45) is -0.514. The lowest BCUT2D eigenvalue weighted by molar-refractivity contribution is 0.133. The molecular formula is C12H17N3O. The smallest absolute Gasteiger partial charge is 0.128 e. The average molecular weight is 219 g/mol. The monoisotopic (exact) mass is 219 g/mol. The van der Waals surface area contributed by atoms with Crippen LogP contribution in [0.5, 0.6) is 0 Å². The molecule has 1 aromatic rings. The quantitative estimate of drug-likeness (QED) is 0.813. The maximum Gasteiger partial charge on any atom is 0.128 e. The predicted octanol–water partition coefficient (Wildman–Crippen LogP) is 1.83. The Bertz CT molecular complexity index is 419. The largest absolute Gasteiger partial charge is 0.391 e. The van der Waals surface area contributed by atoms with Crippen LogP contribution in [0.1, 0.15) is 32.0 Å². The van der Waals surface area contributed by atoms with Gasteiger partial charge in [-0.05, 0) is 39.8 Å². The molecule has 4 heteroatoms. The van der Waals surface area contributed by atoms with Gasteiger partial charge in [0.1, 0.15) is 5.82 Å². The Hall–Kier alpha value is -1.60. The van der Waals surface area contributed by atoms with Gasteiger partial charge in [0.15, 0.2) is 0 Å². The molecule has 1 unspecified atom stereocenters. The van der Waals surface area contributed by atoms with E-state index in [1.54, 1.807) is 19.1 Å². The van der Waals surface area contributed by atoms with Crippen molar-refractivity contribution >= 4 is 5.82 Å². The highest BCUT2D eigenvalue weighted by molar-refractivity contribution is 5.46. The summed E-state index contributed by atoms with van der Waals surface area (Å²) >= 11 is 0. The van der Waals surface area contributed by atoms with Crippen molar-refractivity contribution in [2.45, 2.75) is 39.3 Å². The molecule has 1 rings (SSSR count). The number of nitrogens with zero attached hydrogens (tertiary/aromatic N) is 2. The van der Waals surface area contributed by atoms with Gasteiger partial charge in [-0.15, -0.1) is 0 Å². The molecule has 1 atom stereocenters. The molecule has 0 amide bonds. The molecule has 0 saturated carbocycles. The molecule has 0 spiro atoms. The standard InChI is InChI=1S/C12H17N3O/c1-8-5-10(7-13)6-11(14-8)15-12(3,4)9(2)16/h5-6,9,16H,1-4H3,(H,14,15). The van der Waals surface area contributed by atoms with E-state index in [1.807, 2.05) is 20.8 Å². The minimum absolute atomic E-state index is 0.479. The summed E-state index contributed by atoms with van der Waals surface area (Å²) in [6.45, 7) is 7.32. The van der Waals surface area contributed by atoms with Crippen LogP contribution in [0.25, 0.3) is 0 Å². The number of nitrogens with one attached hydrogen (secondary N) is 1. The maximum absolute atomic E-state index is 9.58. The molecule has 2 N–H and O–H groups in total. The highest BCUT2D eigenvalue weighted by Gasteiger charge is 2.24. The van der Waals surface area contributed by atoms with Crippen LogP contribution in [0.3, 0.4) is 0 Å². The third-order valence-electron chi connectivity index (χ3n) is 2.58. The van der Waals surface area contributed by atoms with Crippen LogP contribution in [-0.2, 0) is 0 Å². The zero-order valence-corrected chi connectivity index (χ0v) is 10.1. The van der Waals surface area contributed by atoms with Gasteiger partial charge in [0.05, 0.1) is 23.3 Å². The van der Waals surface area contributed by atoms with Crippen LogP contribution >= 0.6 is 0 Å². The van der Waals surface area contributed by atoms with Crippen molar-refractivity contribution in [3.8, 4) is 6.07 Å². The summed E-state index contributed by atoms with van der Waals surface area (Å²) in [4.78, 5) is 4.28. The summed E-state index contributed by atoms with van der Waals surface area (Å²) in [6, 6.07) is 5.48. The van der Waals surface area contributed by atoms with E-state index < -0.39 is 11.6 Å². The summed E-state index contributed by atoms with van der Waals surface area (Å²) in [5.74, 6) is 0.613. The van der Waals surface area contributed by atoms with Crippen molar-refractivity contribution in [3.05, 3.63) is 23.4 Å². The fraction of sp³-hybridized carbons (Fsp3) is 0.500. The Morgan fingerprint density at radius 2 is 2.12 bits per heavy atom. The second-order valence-electron chi connectivity index (χ2n) is 4.52. The summed E-state index contributed by atoms with van der Waals surface area (Å²) in [5, 5.41) is 21.5. The van der Waals surface area contributed by atoms with Crippen molar-refractivity contribution in [3.63, 3.8) is 0 Å². The lowest BCUT2D eigenvalue weighted by atomic mass is 9.99. The fourth-order valence-corrected chi connectivity index (χ4v) is 1.23. The Morgan fingerprint density at radius 1 is 1.50 bits per heavy atom. The normalized spacial score (nSPS) is 13.0. The Kier molecular flexibility index (Phi) is 3.51. The van der Waals surface area contributed by atoms with E-state index in [2.05, 4.69) is 16.4 Å². The number of anilines is 1. The topological polar surface area (TPSA) is 68.9 Å². The van der Waals surface area contributed by atoms with Crippen molar-refractivity contribution in [1.82, 2.24) is 4.98 Å². The molecule has 16 heavy (non-hydrogen) atoms. The first kappa shape index (κ1) is 12.5. The molecular weight excluding hydrogens is 202 g/mol. The van der Waals surface area contributed by atoms with Crippen LogP contribution < -0.4 is 5.32 Å². The van der Waals surface area contributed by atoms with Crippen LogP contribution in [0, 0.1) is 18.3 Å². The Morgan fingerprint density at radius 3 is 2.62 bits per heavy atom. The third-order valence-corrected chi connectivity index (χ3v) is 2.58. The number of aromatic nitrogens is 1. The van der Waals surface area contributed by atoms with E-state index in [9.17, 15) is 5.11 Å². The van der Waals surface area contributed by atoms with Crippen molar-refractivity contribution in [1.29, 1.82) is 5.26 Å². The average Bonchev–Trinajstić information content (AvgIpc) is 2.15. The minimum Gasteiger partial charge on any atom is -0.391 e. The number of aliphatic hydroxyl groups is 1. The first-order chi connectivity index (χ1) is 7.35. The van der Waals surface area contributed by atoms with Gasteiger partial charge in [-0.2, -0.15) is 5.26 Å². The van der Waals surface area contributed by atoms with E-state index in [0.29, 0.717) is 11.4 Å². The number of pyridine rings is 1. The highest BCUT2D eigenvalue weighted by atomic mass is 16.3. The van der Waals surface area contributed by atoms with Gasteiger partial charge in [-0.25, -0.2) is 4.98 Å². The molecule has 0 bridgehead atoms. The molecule has 0 aliphatic heterocycles. The predicted molar refractivity (Wildman–Crippen MR) is 63.1 cm³/mol. The second-order valence-corrected chi connectivity index (χ2v) is 4.52. The highest BCUT2D eigenvalue weighted by Crippen LogP contribution is 2.18. The van der Waals surface area contributed by atoms with Gasteiger partial charge in [0.2, 0.25) is 0 Å². The minimum atomic E-state index is -0.514. The van der Waals surface area contributed by atoms with E-state index in [4.69, 9.17) is 5.26 Å². The van der Waals surface area contributed by atoms with E-state index in [-0.39, 0.29) is 0 Å². The SMILES string of the molecule is Cc1cc(C#N)cc(NC(C)(C)C(C)O)n1. The molecule has 1 heterocycles. The zero-order valence-electron chi connectivity index (χ0n) is 10.1. The van der Waals surface area contributed by atoms with Gasteiger partial charge in [-0.3, -0.25) is 0 Å². The molecule has 0 saturated heterocycles. The number of rotatable bonds is 3. The van der Waals surface area contributed by atoms with Crippen LogP contribution in [0.4, 0.5) is 5.82 Å². The molecule has 0 fully saturated rings. The number of hydrogen-bond acceptors (Lipinski definition) is 4. The number of aryl methyl sites for hydroxylation is 1. The van der Waals surface area contributed by atoms with Gasteiger partial charge in [0.25, 0.3) is 0 Å². The lowest BCUT2D eigenvalue weighted by Gasteiger charge is -2.30. The van der Waals surface area contributed by atoms with Gasteiger partial charge < -0.3 is 10.4 Å². The number of hydrogen-bond donors (Lipinski definition) is 2. The molecule has 0 aromatic carbocycles. The fourth-order valence-electron chi connectivity index (χ4n) is 1.23. The summed E-state index contributed by atoms with van der Waals surface area (Å²) in [5.41, 5.74) is 0.868. The Balaban J connectivity index is 2.98. The van der Waals surface area contributed by atoms with Gasteiger partial charge in [-0.1, -0.05) is 0 Å². The zero-order chi connectivity index (χ0) is 12.3. The first-order valence-corrected chi connectivity index (χ1v) is 5.20. The van der Waals surface area contributed by atoms with Crippen molar-refractivity contribution < 1.29 is 5.11 Å². The molecule has 86 valence electrons. The van der Waals surface area contributed by atoms with Gasteiger partial charge >= 0.3 is 0 Å². The third kappa shape index (κ3) is 2.94. The molecule has 4 nitrogen and oxygen atoms in total. The van der Waals surface area contributed by atoms with Crippen LogP contribution in [-0.4, -0.2) is 21.7 Å². The molecule has 0 aliphatic carbocycles. The summed E-state index contributed by atoms with van der Waals surface area (Å²) < 4.78 is 0. The van der Waals surface area contributed by atoms with Crippen molar-refractivity contribution in [2.75, 3.05) is 5.32 Å². The molecule has 0 radical (unpaired) electrons. The van der Waals surface area contributed by atoms with Gasteiger partial charge in [0, 0.05) is 5.69 Å². The Labute approximate surface area is 95.9 Å². The van der Waals surface area contributed by atoms with E-state index >= 15 is 0 Å². The maximum atomic E-state index is 9.58. The number of nitriles is 1. The van der Waals surface area contributed by atoms with E-state index in [0.717, 1.165) is 5.69 Å². The number of aliphatic hydroxyl groups excluding tert-OH is 1. The second kappa shape index (κ2) is 4.50. The van der Waals surface area contributed by atoms with E-state index in [1.165, 1.54) is 0 Å². The first-order valence-electron chi connectivity index (χ1n) is 5.20. The molecule has 1 aromatic heterocycles. The van der Waals surface area contributed by atoms with Crippen molar-refractivity contribution in [2.24, 2.45) is 0 Å². The van der Waals surface area contributed by atoms with Crippen LogP contribution in [0.15, 0.2) is 12.1 Å². The summed E-state index contributed by atoms with van der Waals surface area (Å²) in [7, 11) is 0. The molecule has 0 aliphatic rings.